The minimum absolute atomic E-state index is 0.411. The van der Waals surface area contributed by atoms with Gasteiger partial charge in [0.2, 0.25) is 0 Å². The molecule has 138 valence electrons. The topological polar surface area (TPSA) is 50.8 Å². The van der Waals surface area contributed by atoms with Crippen LogP contribution in [0.4, 0.5) is 16.2 Å². The van der Waals surface area contributed by atoms with Crippen LogP contribution in [0.15, 0.2) is 54.6 Å². The van der Waals surface area contributed by atoms with E-state index < -0.39 is 6.09 Å². The van der Waals surface area contributed by atoms with Crippen molar-refractivity contribution >= 4 is 34.7 Å². The van der Waals surface area contributed by atoms with Gasteiger partial charge in [0.1, 0.15) is 5.75 Å². The Labute approximate surface area is 159 Å². The summed E-state index contributed by atoms with van der Waals surface area (Å²) in [5.74, 6) is 0.455. The number of anilines is 2. The first-order chi connectivity index (χ1) is 12.6. The van der Waals surface area contributed by atoms with Crippen LogP contribution < -0.4 is 15.0 Å². The Balaban J connectivity index is 2.11. The summed E-state index contributed by atoms with van der Waals surface area (Å²) in [6.07, 6.45) is 0.296. The molecule has 0 spiro atoms. The number of thiocarbonyl (C=S) groups is 1. The quantitative estimate of drug-likeness (QED) is 0.529. The smallest absolute Gasteiger partial charge is 0.410 e. The molecule has 5 nitrogen and oxygen atoms in total. The number of hydrogen-bond donors (Lipinski definition) is 1. The van der Waals surface area contributed by atoms with Crippen LogP contribution in [0.5, 0.6) is 5.75 Å². The van der Waals surface area contributed by atoms with Gasteiger partial charge in [-0.25, -0.2) is 4.79 Å². The van der Waals surface area contributed by atoms with Crippen molar-refractivity contribution in [2.45, 2.75) is 20.3 Å². The zero-order valence-corrected chi connectivity index (χ0v) is 15.9. The molecular weight excluding hydrogens is 348 g/mol. The standard InChI is InChI=1S/C20H24N2O3S/c1-3-19(26)21-16-9-8-12-18(15-16)25-20(23)22(13-14-24-4-2)17-10-6-5-7-11-17/h5-12,15H,3-4,13-14H2,1-2H3,(H,21,26). The third-order valence-electron chi connectivity index (χ3n) is 3.60. The van der Waals surface area contributed by atoms with Gasteiger partial charge in [0.15, 0.2) is 0 Å². The first-order valence-corrected chi connectivity index (χ1v) is 9.07. The number of nitrogens with one attached hydrogen (secondary N) is 1. The lowest BCUT2D eigenvalue weighted by Crippen LogP contribution is -2.36. The molecule has 26 heavy (non-hydrogen) atoms. The summed E-state index contributed by atoms with van der Waals surface area (Å²) >= 11 is 5.19. The number of amides is 1. The lowest BCUT2D eigenvalue weighted by atomic mass is 10.3. The van der Waals surface area contributed by atoms with Gasteiger partial charge in [-0.2, -0.15) is 0 Å². The van der Waals surface area contributed by atoms with Crippen molar-refractivity contribution in [3.8, 4) is 5.75 Å². The molecular formula is C20H24N2O3S. The predicted octanol–water partition coefficient (Wildman–Crippen LogP) is 4.88. The van der Waals surface area contributed by atoms with Gasteiger partial charge < -0.3 is 14.8 Å². The molecule has 0 radical (unpaired) electrons. The molecule has 6 heteroatoms. The van der Waals surface area contributed by atoms with Crippen LogP contribution in [-0.2, 0) is 4.74 Å². The van der Waals surface area contributed by atoms with E-state index in [0.717, 1.165) is 22.8 Å². The van der Waals surface area contributed by atoms with E-state index in [1.165, 1.54) is 0 Å². The average Bonchev–Trinajstić information content (AvgIpc) is 2.66. The Morgan fingerprint density at radius 1 is 1.12 bits per heavy atom. The SMILES string of the molecule is CCOCCN(C(=O)Oc1cccc(NC(=S)CC)c1)c1ccccc1. The van der Waals surface area contributed by atoms with E-state index in [2.05, 4.69) is 5.32 Å². The van der Waals surface area contributed by atoms with Gasteiger partial charge in [-0.3, -0.25) is 4.90 Å². The minimum Gasteiger partial charge on any atom is -0.410 e. The van der Waals surface area contributed by atoms with Gasteiger partial charge in [0, 0.05) is 24.0 Å². The minimum atomic E-state index is -0.453. The van der Waals surface area contributed by atoms with Gasteiger partial charge in [0.05, 0.1) is 18.1 Å². The molecule has 0 aliphatic carbocycles. The van der Waals surface area contributed by atoms with Gasteiger partial charge in [0.25, 0.3) is 0 Å². The molecule has 0 heterocycles. The molecule has 0 saturated heterocycles. The maximum atomic E-state index is 12.7. The summed E-state index contributed by atoms with van der Waals surface area (Å²) in [5, 5.41) is 3.11. The number of para-hydroxylation sites is 1. The number of nitrogens with zero attached hydrogens (tertiary/aromatic N) is 1. The van der Waals surface area contributed by atoms with E-state index >= 15 is 0 Å². The van der Waals surface area contributed by atoms with Gasteiger partial charge in [-0.05, 0) is 37.6 Å². The van der Waals surface area contributed by atoms with E-state index in [-0.39, 0.29) is 0 Å². The lowest BCUT2D eigenvalue weighted by molar-refractivity contribution is 0.151. The first-order valence-electron chi connectivity index (χ1n) is 8.66. The van der Waals surface area contributed by atoms with Crippen molar-refractivity contribution in [2.75, 3.05) is 30.0 Å². The highest BCUT2D eigenvalue weighted by atomic mass is 32.1. The maximum Gasteiger partial charge on any atom is 0.419 e. The zero-order valence-electron chi connectivity index (χ0n) is 15.1. The van der Waals surface area contributed by atoms with Crippen LogP contribution in [0, 0.1) is 0 Å². The Morgan fingerprint density at radius 3 is 2.58 bits per heavy atom. The van der Waals surface area contributed by atoms with Gasteiger partial charge in [-0.1, -0.05) is 43.4 Å². The molecule has 2 aromatic carbocycles. The largest absolute Gasteiger partial charge is 0.419 e. The van der Waals surface area contributed by atoms with E-state index in [0.29, 0.717) is 25.5 Å². The van der Waals surface area contributed by atoms with Crippen LogP contribution >= 0.6 is 12.2 Å². The molecule has 0 aliphatic heterocycles. The molecule has 0 aromatic heterocycles. The van der Waals surface area contributed by atoms with Crippen LogP contribution in [0.3, 0.4) is 0 Å². The third kappa shape index (κ3) is 6.13. The Kier molecular flexibility index (Phi) is 8.05. The molecule has 2 rings (SSSR count). The van der Waals surface area contributed by atoms with Crippen LogP contribution in [-0.4, -0.2) is 30.8 Å². The second-order valence-corrected chi connectivity index (χ2v) is 5.97. The van der Waals surface area contributed by atoms with E-state index in [4.69, 9.17) is 21.7 Å². The summed E-state index contributed by atoms with van der Waals surface area (Å²) in [4.78, 5) is 15.0. The first kappa shape index (κ1) is 19.9. The summed E-state index contributed by atoms with van der Waals surface area (Å²) in [6, 6.07) is 16.6. The Bertz CT molecular complexity index is 722. The fraction of sp³-hybridized carbons (Fsp3) is 0.300. The summed E-state index contributed by atoms with van der Waals surface area (Å²) in [5.41, 5.74) is 1.56. The molecule has 2 aromatic rings. The second kappa shape index (κ2) is 10.5. The fourth-order valence-electron chi connectivity index (χ4n) is 2.28. The molecule has 0 atom stereocenters. The Morgan fingerprint density at radius 2 is 1.88 bits per heavy atom. The van der Waals surface area contributed by atoms with Crippen molar-refractivity contribution in [3.63, 3.8) is 0 Å². The molecule has 1 amide bonds. The van der Waals surface area contributed by atoms with Crippen molar-refractivity contribution in [2.24, 2.45) is 0 Å². The highest BCUT2D eigenvalue weighted by molar-refractivity contribution is 7.80. The van der Waals surface area contributed by atoms with Crippen LogP contribution in [0.2, 0.25) is 0 Å². The van der Waals surface area contributed by atoms with E-state index in [1.807, 2.05) is 56.3 Å². The number of ether oxygens (including phenoxy) is 2. The molecule has 0 unspecified atom stereocenters. The number of benzene rings is 2. The average molecular weight is 372 g/mol. The van der Waals surface area contributed by atoms with Crippen molar-refractivity contribution in [3.05, 3.63) is 54.6 Å². The number of carbonyl (C=O) groups is 1. The maximum absolute atomic E-state index is 12.7. The van der Waals surface area contributed by atoms with Crippen molar-refractivity contribution < 1.29 is 14.3 Å². The van der Waals surface area contributed by atoms with Crippen molar-refractivity contribution in [1.29, 1.82) is 0 Å². The van der Waals surface area contributed by atoms with Crippen molar-refractivity contribution in [1.82, 2.24) is 0 Å². The zero-order chi connectivity index (χ0) is 18.8. The Hall–Kier alpha value is -2.44. The normalized spacial score (nSPS) is 10.2. The fourth-order valence-corrected chi connectivity index (χ4v) is 2.39. The highest BCUT2D eigenvalue weighted by Crippen LogP contribution is 2.20. The third-order valence-corrected chi connectivity index (χ3v) is 3.99. The molecule has 0 bridgehead atoms. The lowest BCUT2D eigenvalue weighted by Gasteiger charge is -2.22. The van der Waals surface area contributed by atoms with E-state index in [9.17, 15) is 4.79 Å². The van der Waals surface area contributed by atoms with E-state index in [1.54, 1.807) is 17.0 Å². The van der Waals surface area contributed by atoms with Crippen LogP contribution in [0.1, 0.15) is 20.3 Å². The predicted molar refractivity (Wildman–Crippen MR) is 109 cm³/mol. The molecule has 0 saturated carbocycles. The molecule has 1 N–H and O–H groups in total. The monoisotopic (exact) mass is 372 g/mol. The second-order valence-electron chi connectivity index (χ2n) is 5.48. The van der Waals surface area contributed by atoms with Gasteiger partial charge in [-0.15, -0.1) is 0 Å². The molecule has 0 aliphatic rings. The number of hydrogen-bond acceptors (Lipinski definition) is 4. The number of carbonyl (C=O) groups excluding carboxylic acids is 1. The number of rotatable bonds is 8. The summed E-state index contributed by atoms with van der Waals surface area (Å²) < 4.78 is 11.0. The molecule has 0 fully saturated rings. The summed E-state index contributed by atoms with van der Waals surface area (Å²) in [6.45, 7) is 5.35. The summed E-state index contributed by atoms with van der Waals surface area (Å²) in [7, 11) is 0. The van der Waals surface area contributed by atoms with Gasteiger partial charge >= 0.3 is 6.09 Å². The van der Waals surface area contributed by atoms with Crippen LogP contribution in [0.25, 0.3) is 0 Å². The highest BCUT2D eigenvalue weighted by Gasteiger charge is 2.18.